The molecule has 106 valence electrons. The second-order valence-corrected chi connectivity index (χ2v) is 9.62. The fraction of sp³-hybridized carbons (Fsp3) is 0.444. The number of hydrogen-bond donors (Lipinski definition) is 2. The fourth-order valence-corrected chi connectivity index (χ4v) is 7.30. The van der Waals surface area contributed by atoms with Crippen molar-refractivity contribution < 1.29 is 23.4 Å². The highest BCUT2D eigenvalue weighted by atomic mass is 79.9. The normalized spacial score (nSPS) is 24.8. The van der Waals surface area contributed by atoms with Crippen LogP contribution < -0.4 is 0 Å². The van der Waals surface area contributed by atoms with Gasteiger partial charge in [-0.3, -0.25) is 4.79 Å². The van der Waals surface area contributed by atoms with Gasteiger partial charge in [0.25, 0.3) is 0 Å². The number of nitrogens with zero attached hydrogens (tertiary/aromatic N) is 1. The second-order valence-electron chi connectivity index (χ2n) is 4.01. The van der Waals surface area contributed by atoms with Crippen LogP contribution in [0.4, 0.5) is 0 Å². The predicted molar refractivity (Wildman–Crippen MR) is 75.7 cm³/mol. The van der Waals surface area contributed by atoms with Gasteiger partial charge in [-0.25, -0.2) is 8.42 Å². The van der Waals surface area contributed by atoms with Gasteiger partial charge in [0, 0.05) is 13.0 Å². The molecule has 0 amide bonds. The van der Waals surface area contributed by atoms with Gasteiger partial charge in [0.1, 0.15) is 10.9 Å². The van der Waals surface area contributed by atoms with E-state index in [1.54, 1.807) is 0 Å². The molecular weight excluding hydrogens is 426 g/mol. The van der Waals surface area contributed by atoms with Crippen molar-refractivity contribution in [3.05, 3.63) is 13.6 Å². The lowest BCUT2D eigenvalue weighted by Gasteiger charge is -2.20. The van der Waals surface area contributed by atoms with Gasteiger partial charge in [0.2, 0.25) is 10.0 Å². The maximum atomic E-state index is 12.4. The van der Waals surface area contributed by atoms with Crippen LogP contribution in [0.5, 0.6) is 0 Å². The van der Waals surface area contributed by atoms with Crippen molar-refractivity contribution in [2.45, 2.75) is 23.5 Å². The molecule has 1 unspecified atom stereocenters. The van der Waals surface area contributed by atoms with Crippen LogP contribution in [0, 0.1) is 0 Å². The molecule has 1 aromatic heterocycles. The van der Waals surface area contributed by atoms with Crippen molar-refractivity contribution in [3.8, 4) is 0 Å². The monoisotopic (exact) mass is 433 g/mol. The molecule has 0 aromatic carbocycles. The van der Waals surface area contributed by atoms with Crippen molar-refractivity contribution in [1.82, 2.24) is 4.31 Å². The minimum atomic E-state index is -3.95. The van der Waals surface area contributed by atoms with Gasteiger partial charge >= 0.3 is 5.97 Å². The average Bonchev–Trinajstić information content (AvgIpc) is 2.82. The molecule has 2 atom stereocenters. The molecule has 1 aliphatic heterocycles. The van der Waals surface area contributed by atoms with Gasteiger partial charge in [-0.05, 0) is 37.9 Å². The van der Waals surface area contributed by atoms with E-state index in [-0.39, 0.29) is 17.9 Å². The summed E-state index contributed by atoms with van der Waals surface area (Å²) >= 11 is 7.51. The van der Waals surface area contributed by atoms with Crippen LogP contribution in [0.15, 0.2) is 18.5 Å². The van der Waals surface area contributed by atoms with Crippen molar-refractivity contribution in [3.63, 3.8) is 0 Å². The lowest BCUT2D eigenvalue weighted by Crippen LogP contribution is -2.40. The largest absolute Gasteiger partial charge is 0.480 e. The SMILES string of the molecule is O=C(O)[C@@H]1CC(O)CN1S(=O)(=O)c1cc(Br)sc1Br. The lowest BCUT2D eigenvalue weighted by atomic mass is 10.2. The number of halogens is 2. The summed E-state index contributed by atoms with van der Waals surface area (Å²) in [4.78, 5) is 11.1. The zero-order valence-electron chi connectivity index (χ0n) is 9.29. The summed E-state index contributed by atoms with van der Waals surface area (Å²) in [7, 11) is -3.95. The molecule has 0 radical (unpaired) electrons. The molecule has 0 aliphatic carbocycles. The Kier molecular flexibility index (Phi) is 4.38. The van der Waals surface area contributed by atoms with Crippen molar-refractivity contribution >= 4 is 59.2 Å². The van der Waals surface area contributed by atoms with E-state index in [0.717, 1.165) is 4.31 Å². The van der Waals surface area contributed by atoms with Crippen LogP contribution >= 0.6 is 43.2 Å². The Labute approximate surface area is 130 Å². The van der Waals surface area contributed by atoms with E-state index in [4.69, 9.17) is 5.11 Å². The molecule has 1 aliphatic rings. The molecule has 2 N–H and O–H groups in total. The van der Waals surface area contributed by atoms with Crippen LogP contribution in [0.1, 0.15) is 6.42 Å². The zero-order valence-corrected chi connectivity index (χ0v) is 14.1. The Hall–Kier alpha value is -0.000000000000000333. The highest BCUT2D eigenvalue weighted by Gasteiger charge is 2.44. The van der Waals surface area contributed by atoms with Crippen molar-refractivity contribution in [2.24, 2.45) is 0 Å². The van der Waals surface area contributed by atoms with E-state index >= 15 is 0 Å². The van der Waals surface area contributed by atoms with E-state index in [1.807, 2.05) is 0 Å². The number of carboxylic acid groups (broad SMARTS) is 1. The minimum Gasteiger partial charge on any atom is -0.480 e. The van der Waals surface area contributed by atoms with E-state index in [9.17, 15) is 18.3 Å². The second kappa shape index (κ2) is 5.41. The first-order chi connectivity index (χ1) is 8.73. The highest BCUT2D eigenvalue weighted by Crippen LogP contribution is 2.38. The molecule has 19 heavy (non-hydrogen) atoms. The number of thiophene rings is 1. The molecule has 2 heterocycles. The Morgan fingerprint density at radius 2 is 2.11 bits per heavy atom. The Bertz CT molecular complexity index is 614. The van der Waals surface area contributed by atoms with Gasteiger partial charge in [-0.1, -0.05) is 0 Å². The quantitative estimate of drug-likeness (QED) is 0.751. The zero-order chi connectivity index (χ0) is 14.4. The Morgan fingerprint density at radius 1 is 1.47 bits per heavy atom. The molecule has 10 heteroatoms. The minimum absolute atomic E-state index is 0.00438. The van der Waals surface area contributed by atoms with Crippen molar-refractivity contribution in [1.29, 1.82) is 0 Å². The van der Waals surface area contributed by atoms with E-state index in [0.29, 0.717) is 7.57 Å². The summed E-state index contributed by atoms with van der Waals surface area (Å²) in [5.41, 5.74) is 0. The standard InChI is InChI=1S/C9H9Br2NO5S2/c10-7-2-6(8(11)18-7)19(16,17)12-3-4(13)1-5(12)9(14)15/h2,4-5,13H,1,3H2,(H,14,15)/t4?,5-/m0/s1. The number of aliphatic hydroxyl groups excluding tert-OH is 1. The van der Waals surface area contributed by atoms with Gasteiger partial charge in [0.15, 0.2) is 0 Å². The van der Waals surface area contributed by atoms with E-state index in [1.165, 1.54) is 17.4 Å². The van der Waals surface area contributed by atoms with E-state index < -0.39 is 28.1 Å². The summed E-state index contributed by atoms with van der Waals surface area (Å²) < 4.78 is 26.7. The van der Waals surface area contributed by atoms with Crippen LogP contribution in [0.2, 0.25) is 0 Å². The predicted octanol–water partition coefficient (Wildman–Crippen LogP) is 1.48. The van der Waals surface area contributed by atoms with Crippen LogP contribution in [-0.2, 0) is 14.8 Å². The summed E-state index contributed by atoms with van der Waals surface area (Å²) in [6.07, 6.45) is -1.06. The highest BCUT2D eigenvalue weighted by molar-refractivity contribution is 9.12. The summed E-state index contributed by atoms with van der Waals surface area (Å²) in [6.45, 7) is -0.209. The summed E-state index contributed by atoms with van der Waals surface area (Å²) in [5, 5.41) is 18.6. The smallest absolute Gasteiger partial charge is 0.322 e. The molecule has 1 fully saturated rings. The average molecular weight is 435 g/mol. The topological polar surface area (TPSA) is 94.9 Å². The molecule has 0 bridgehead atoms. The number of aliphatic hydroxyl groups is 1. The van der Waals surface area contributed by atoms with E-state index in [2.05, 4.69) is 31.9 Å². The molecule has 6 nitrogen and oxygen atoms in total. The number of sulfonamides is 1. The third-order valence-corrected chi connectivity index (χ3v) is 7.36. The van der Waals surface area contributed by atoms with Crippen LogP contribution in [-0.4, -0.2) is 47.6 Å². The molecular formula is C9H9Br2NO5S2. The number of β-amino-alcohol motifs (C(OH)–C–C–N with tert-alkyl or cyclic N) is 1. The molecule has 0 spiro atoms. The Balaban J connectivity index is 2.44. The number of hydrogen-bond acceptors (Lipinski definition) is 5. The van der Waals surface area contributed by atoms with Gasteiger partial charge in [-0.2, -0.15) is 4.31 Å². The molecule has 1 aromatic rings. The van der Waals surface area contributed by atoms with Crippen molar-refractivity contribution in [2.75, 3.05) is 6.54 Å². The van der Waals surface area contributed by atoms with Gasteiger partial charge < -0.3 is 10.2 Å². The maximum absolute atomic E-state index is 12.4. The van der Waals surface area contributed by atoms with Crippen LogP contribution in [0.25, 0.3) is 0 Å². The molecule has 0 saturated carbocycles. The number of aliphatic carboxylic acids is 1. The lowest BCUT2D eigenvalue weighted by molar-refractivity contribution is -0.140. The summed E-state index contributed by atoms with van der Waals surface area (Å²) in [5.74, 6) is -1.26. The third kappa shape index (κ3) is 2.88. The third-order valence-electron chi connectivity index (χ3n) is 2.73. The van der Waals surface area contributed by atoms with Gasteiger partial charge in [0.05, 0.1) is 13.7 Å². The first kappa shape index (κ1) is 15.4. The Morgan fingerprint density at radius 3 is 2.58 bits per heavy atom. The van der Waals surface area contributed by atoms with Gasteiger partial charge in [-0.15, -0.1) is 11.3 Å². The summed E-state index contributed by atoms with van der Waals surface area (Å²) in [6, 6.07) is 0.179. The fourth-order valence-electron chi connectivity index (χ4n) is 1.90. The maximum Gasteiger partial charge on any atom is 0.322 e. The first-order valence-electron chi connectivity index (χ1n) is 5.11. The number of carboxylic acids is 1. The van der Waals surface area contributed by atoms with Crippen LogP contribution in [0.3, 0.4) is 0 Å². The molecule has 2 rings (SSSR count). The first-order valence-corrected chi connectivity index (χ1v) is 8.95. The molecule has 1 saturated heterocycles. The number of rotatable bonds is 3. The number of carbonyl (C=O) groups is 1.